The molecule has 9 heteroatoms. The maximum Gasteiger partial charge on any atom is 0.514 e. The molecule has 0 saturated carbocycles. The Bertz CT molecular complexity index is 819. The Hall–Kier alpha value is -2.20. The molecule has 178 valence electrons. The van der Waals surface area contributed by atoms with Crippen molar-refractivity contribution in [3.05, 3.63) is 43.0 Å². The SMILES string of the molecule is C=C[C@H](O[Si](C)(C)C(C)(C)C)[C@@H](OC(=O)Oc1ccccc1)[C@H]1OC(C)(C)O[C@@H]1C(N)=O. The lowest BCUT2D eigenvalue weighted by Gasteiger charge is -2.41. The third-order valence-corrected chi connectivity index (χ3v) is 10.2. The van der Waals surface area contributed by atoms with Crippen LogP contribution in [-0.2, 0) is 23.4 Å². The van der Waals surface area contributed by atoms with Crippen molar-refractivity contribution in [3.63, 3.8) is 0 Å². The van der Waals surface area contributed by atoms with Gasteiger partial charge < -0.3 is 29.1 Å². The van der Waals surface area contributed by atoms with E-state index in [-0.39, 0.29) is 5.04 Å². The average Bonchev–Trinajstić information content (AvgIpc) is 3.00. The summed E-state index contributed by atoms with van der Waals surface area (Å²) >= 11 is 0. The molecule has 1 fully saturated rings. The van der Waals surface area contributed by atoms with Crippen molar-refractivity contribution in [2.24, 2.45) is 5.73 Å². The first kappa shape index (κ1) is 26.1. The van der Waals surface area contributed by atoms with Crippen LogP contribution in [0.4, 0.5) is 4.79 Å². The topological polar surface area (TPSA) is 106 Å². The van der Waals surface area contributed by atoms with Crippen molar-refractivity contribution in [2.75, 3.05) is 0 Å². The van der Waals surface area contributed by atoms with Crippen molar-refractivity contribution in [3.8, 4) is 5.75 Å². The Labute approximate surface area is 191 Å². The zero-order valence-corrected chi connectivity index (χ0v) is 20.9. The molecule has 2 N–H and O–H groups in total. The number of carbonyl (C=O) groups is 2. The van der Waals surface area contributed by atoms with Gasteiger partial charge in [-0.25, -0.2) is 4.79 Å². The molecule has 2 rings (SSSR count). The predicted molar refractivity (Wildman–Crippen MR) is 123 cm³/mol. The minimum atomic E-state index is -2.33. The molecule has 1 saturated heterocycles. The van der Waals surface area contributed by atoms with E-state index in [0.29, 0.717) is 5.75 Å². The largest absolute Gasteiger partial charge is 0.514 e. The molecule has 1 heterocycles. The van der Waals surface area contributed by atoms with Crippen LogP contribution in [0, 0.1) is 0 Å². The van der Waals surface area contributed by atoms with Gasteiger partial charge in [-0.05, 0) is 44.1 Å². The second-order valence-electron chi connectivity index (χ2n) is 9.75. The van der Waals surface area contributed by atoms with Crippen LogP contribution in [0.25, 0.3) is 0 Å². The number of rotatable bonds is 8. The number of ether oxygens (including phenoxy) is 4. The zero-order chi connectivity index (χ0) is 24.3. The molecule has 32 heavy (non-hydrogen) atoms. The zero-order valence-electron chi connectivity index (χ0n) is 19.9. The number of nitrogens with two attached hydrogens (primary N) is 1. The quantitative estimate of drug-likeness (QED) is 0.266. The van der Waals surface area contributed by atoms with Crippen LogP contribution in [0.3, 0.4) is 0 Å². The van der Waals surface area contributed by atoms with Gasteiger partial charge in [0.05, 0.1) is 0 Å². The molecule has 0 aromatic heterocycles. The summed E-state index contributed by atoms with van der Waals surface area (Å²) in [5, 5.41) is -0.126. The van der Waals surface area contributed by atoms with Crippen LogP contribution in [0.5, 0.6) is 5.75 Å². The van der Waals surface area contributed by atoms with E-state index in [1.165, 1.54) is 6.08 Å². The maximum atomic E-state index is 12.7. The second kappa shape index (κ2) is 9.74. The predicted octanol–water partition coefficient (Wildman–Crippen LogP) is 4.15. The van der Waals surface area contributed by atoms with Crippen LogP contribution in [-0.4, -0.2) is 50.6 Å². The third kappa shape index (κ3) is 6.41. The van der Waals surface area contributed by atoms with E-state index >= 15 is 0 Å². The molecule has 4 atom stereocenters. The standard InChI is InChI=1S/C23H35NO7Si/c1-9-16(31-32(7,8)22(2,3)4)17(18-19(20(24)25)30-23(5,6)29-18)28-21(26)27-15-13-11-10-12-14-15/h9-14,16-19H,1H2,2-8H3,(H2,24,25)/t16-,17+,18+,19-/m0/s1. The van der Waals surface area contributed by atoms with E-state index in [9.17, 15) is 9.59 Å². The number of hydrogen-bond donors (Lipinski definition) is 1. The van der Waals surface area contributed by atoms with Gasteiger partial charge in [-0.15, -0.1) is 6.58 Å². The Kier molecular flexibility index (Phi) is 7.93. The Morgan fingerprint density at radius 1 is 1.19 bits per heavy atom. The summed E-state index contributed by atoms with van der Waals surface area (Å²) in [4.78, 5) is 24.8. The second-order valence-corrected chi connectivity index (χ2v) is 14.5. The first-order chi connectivity index (χ1) is 14.7. The minimum Gasteiger partial charge on any atom is -0.425 e. The van der Waals surface area contributed by atoms with E-state index in [4.69, 9.17) is 29.1 Å². The van der Waals surface area contributed by atoms with Crippen LogP contribution in [0.2, 0.25) is 18.1 Å². The van der Waals surface area contributed by atoms with Gasteiger partial charge in [0.15, 0.2) is 26.3 Å². The molecule has 1 aromatic carbocycles. The molecule has 1 amide bonds. The summed E-state index contributed by atoms with van der Waals surface area (Å²) in [5.41, 5.74) is 5.57. The normalized spacial score (nSPS) is 22.6. The number of primary amides is 1. The summed E-state index contributed by atoms with van der Waals surface area (Å²) in [6, 6.07) is 8.50. The fourth-order valence-corrected chi connectivity index (χ4v) is 4.32. The van der Waals surface area contributed by atoms with Gasteiger partial charge in [-0.2, -0.15) is 0 Å². The Morgan fingerprint density at radius 2 is 1.78 bits per heavy atom. The first-order valence-corrected chi connectivity index (χ1v) is 13.5. The summed E-state index contributed by atoms with van der Waals surface area (Å²) in [5.74, 6) is -1.54. The molecule has 0 bridgehead atoms. The van der Waals surface area contributed by atoms with Crippen LogP contribution in [0.15, 0.2) is 43.0 Å². The fraction of sp³-hybridized carbons (Fsp3) is 0.565. The Balaban J connectivity index is 2.37. The molecule has 0 spiro atoms. The smallest absolute Gasteiger partial charge is 0.425 e. The van der Waals surface area contributed by atoms with Crippen LogP contribution >= 0.6 is 0 Å². The first-order valence-electron chi connectivity index (χ1n) is 10.6. The van der Waals surface area contributed by atoms with E-state index in [1.54, 1.807) is 44.2 Å². The van der Waals surface area contributed by atoms with Gasteiger partial charge in [-0.3, -0.25) is 4.79 Å². The molecule has 8 nitrogen and oxygen atoms in total. The highest BCUT2D eigenvalue weighted by Crippen LogP contribution is 2.39. The lowest BCUT2D eigenvalue weighted by molar-refractivity contribution is -0.163. The Morgan fingerprint density at radius 3 is 2.28 bits per heavy atom. The van der Waals surface area contributed by atoms with Gasteiger partial charge in [0, 0.05) is 0 Å². The highest BCUT2D eigenvalue weighted by Gasteiger charge is 2.53. The molecular formula is C23H35NO7Si. The van der Waals surface area contributed by atoms with Crippen molar-refractivity contribution in [2.45, 2.75) is 83.0 Å². The highest BCUT2D eigenvalue weighted by molar-refractivity contribution is 6.74. The summed E-state index contributed by atoms with van der Waals surface area (Å²) in [6.07, 6.45) is -3.47. The van der Waals surface area contributed by atoms with Crippen molar-refractivity contribution in [1.82, 2.24) is 0 Å². The average molecular weight is 466 g/mol. The summed E-state index contributed by atoms with van der Waals surface area (Å²) in [6.45, 7) is 17.6. The van der Waals surface area contributed by atoms with Gasteiger partial charge in [-0.1, -0.05) is 45.0 Å². The molecule has 0 radical (unpaired) electrons. The van der Waals surface area contributed by atoms with Crippen molar-refractivity contribution >= 4 is 20.4 Å². The number of hydrogen-bond acceptors (Lipinski definition) is 7. The third-order valence-electron chi connectivity index (χ3n) is 5.70. The number of benzene rings is 1. The van der Waals surface area contributed by atoms with Gasteiger partial charge in [0.1, 0.15) is 18.0 Å². The molecular weight excluding hydrogens is 430 g/mol. The molecule has 1 aliphatic rings. The van der Waals surface area contributed by atoms with Crippen molar-refractivity contribution < 1.29 is 33.0 Å². The molecule has 0 unspecified atom stereocenters. The molecule has 0 aliphatic carbocycles. The molecule has 1 aromatic rings. The monoisotopic (exact) mass is 465 g/mol. The lowest BCUT2D eigenvalue weighted by atomic mass is 10.0. The summed E-state index contributed by atoms with van der Waals surface area (Å²) < 4.78 is 29.1. The molecule has 1 aliphatic heterocycles. The maximum absolute atomic E-state index is 12.7. The summed E-state index contributed by atoms with van der Waals surface area (Å²) in [7, 11) is -2.33. The van der Waals surface area contributed by atoms with Gasteiger partial charge in [0.2, 0.25) is 5.91 Å². The van der Waals surface area contributed by atoms with E-state index in [0.717, 1.165) is 0 Å². The van der Waals surface area contributed by atoms with Gasteiger partial charge in [0.25, 0.3) is 0 Å². The van der Waals surface area contributed by atoms with Crippen LogP contribution < -0.4 is 10.5 Å². The van der Waals surface area contributed by atoms with E-state index in [2.05, 4.69) is 40.4 Å². The van der Waals surface area contributed by atoms with E-state index in [1.807, 2.05) is 0 Å². The number of para-hydroxylation sites is 1. The highest BCUT2D eigenvalue weighted by atomic mass is 28.4. The number of amides is 1. The number of carbonyl (C=O) groups excluding carboxylic acids is 2. The van der Waals surface area contributed by atoms with Gasteiger partial charge >= 0.3 is 6.16 Å². The lowest BCUT2D eigenvalue weighted by Crippen LogP contribution is -2.54. The van der Waals surface area contributed by atoms with Crippen molar-refractivity contribution in [1.29, 1.82) is 0 Å². The van der Waals surface area contributed by atoms with Crippen LogP contribution in [0.1, 0.15) is 34.6 Å². The minimum absolute atomic E-state index is 0.126. The van der Waals surface area contributed by atoms with E-state index < -0.39 is 50.6 Å². The fourth-order valence-electron chi connectivity index (χ4n) is 3.06.